The van der Waals surface area contributed by atoms with Crippen LogP contribution in [0.5, 0.6) is 0 Å². The molecule has 0 radical (unpaired) electrons. The first-order valence-electron chi connectivity index (χ1n) is 6.02. The Bertz CT molecular complexity index is 651. The second-order valence-corrected chi connectivity index (χ2v) is 5.11. The Labute approximate surface area is 125 Å². The fourth-order valence-electron chi connectivity index (χ4n) is 1.56. The molecule has 0 fully saturated rings. The van der Waals surface area contributed by atoms with Crippen LogP contribution < -0.4 is 11.1 Å². The van der Waals surface area contributed by atoms with Gasteiger partial charge in [0, 0.05) is 16.2 Å². The van der Waals surface area contributed by atoms with Gasteiger partial charge in [-0.1, -0.05) is 12.1 Å². The average molecular weight is 332 g/mol. The average Bonchev–Trinajstić information content (AvgIpc) is 2.42. The summed E-state index contributed by atoms with van der Waals surface area (Å²) in [5.74, 6) is 0.300. The summed E-state index contributed by atoms with van der Waals surface area (Å²) in [4.78, 5) is 16.0. The van der Waals surface area contributed by atoms with E-state index in [4.69, 9.17) is 5.73 Å². The van der Waals surface area contributed by atoms with Crippen molar-refractivity contribution in [2.45, 2.75) is 6.92 Å². The van der Waals surface area contributed by atoms with Crippen molar-refractivity contribution in [3.05, 3.63) is 58.2 Å². The Morgan fingerprint density at radius 3 is 2.60 bits per heavy atom. The summed E-state index contributed by atoms with van der Waals surface area (Å²) in [6.45, 7) is 1.87. The summed E-state index contributed by atoms with van der Waals surface area (Å²) < 4.78 is 0.910. The molecule has 1 aromatic carbocycles. The van der Waals surface area contributed by atoms with Gasteiger partial charge in [-0.15, -0.1) is 0 Å². The third-order valence-corrected chi connectivity index (χ3v) is 3.47. The summed E-state index contributed by atoms with van der Waals surface area (Å²) in [5, 5.41) is 2.71. The molecule has 0 saturated carbocycles. The van der Waals surface area contributed by atoms with Crippen LogP contribution in [0.3, 0.4) is 0 Å². The summed E-state index contributed by atoms with van der Waals surface area (Å²) in [5.41, 5.74) is 8.03. The number of halogens is 1. The van der Waals surface area contributed by atoms with Gasteiger partial charge in [0.1, 0.15) is 5.82 Å². The van der Waals surface area contributed by atoms with E-state index in [9.17, 15) is 4.79 Å². The minimum atomic E-state index is -0.226. The van der Waals surface area contributed by atoms with Crippen LogP contribution in [0.15, 0.2) is 46.9 Å². The van der Waals surface area contributed by atoms with Crippen LogP contribution in [0, 0.1) is 6.92 Å². The molecule has 0 unspecified atom stereocenters. The molecule has 5 heteroatoms. The first-order chi connectivity index (χ1) is 9.54. The number of carbonyl (C=O) groups excluding carboxylic acids is 1. The van der Waals surface area contributed by atoms with Gasteiger partial charge in [-0.2, -0.15) is 0 Å². The van der Waals surface area contributed by atoms with Crippen LogP contribution in [0.25, 0.3) is 6.08 Å². The van der Waals surface area contributed by atoms with Crippen LogP contribution in [0.1, 0.15) is 11.3 Å². The van der Waals surface area contributed by atoms with E-state index in [0.29, 0.717) is 11.5 Å². The lowest BCUT2D eigenvalue weighted by Gasteiger charge is -2.03. The minimum Gasteiger partial charge on any atom is -0.399 e. The molecule has 4 nitrogen and oxygen atoms in total. The molecule has 0 saturated heterocycles. The van der Waals surface area contributed by atoms with E-state index in [0.717, 1.165) is 15.7 Å². The monoisotopic (exact) mass is 331 g/mol. The van der Waals surface area contributed by atoms with Crippen molar-refractivity contribution in [1.29, 1.82) is 0 Å². The Kier molecular flexibility index (Phi) is 4.53. The molecular formula is C15H14BrN3O. The fourth-order valence-corrected chi connectivity index (χ4v) is 1.78. The number of hydrogen-bond donors (Lipinski definition) is 2. The number of anilines is 2. The number of rotatable bonds is 3. The van der Waals surface area contributed by atoms with Crippen LogP contribution in [-0.4, -0.2) is 10.9 Å². The highest BCUT2D eigenvalue weighted by atomic mass is 79.9. The number of pyridine rings is 1. The van der Waals surface area contributed by atoms with E-state index in [1.807, 2.05) is 25.1 Å². The molecule has 2 aromatic rings. The standard InChI is InChI=1S/C15H14BrN3O/c1-10-13(16)7-8-14(18-10)19-15(20)9-4-11-2-5-12(17)6-3-11/h2-9H,17H2,1H3,(H,18,19,20)/b9-4+. The summed E-state index contributed by atoms with van der Waals surface area (Å²) in [6, 6.07) is 10.9. The highest BCUT2D eigenvalue weighted by Crippen LogP contribution is 2.16. The number of carbonyl (C=O) groups is 1. The van der Waals surface area contributed by atoms with Gasteiger partial charge in [0.2, 0.25) is 5.91 Å². The number of nitrogens with two attached hydrogens (primary N) is 1. The molecule has 0 aliphatic rings. The van der Waals surface area contributed by atoms with Crippen molar-refractivity contribution in [3.63, 3.8) is 0 Å². The highest BCUT2D eigenvalue weighted by Gasteiger charge is 2.01. The van der Waals surface area contributed by atoms with E-state index in [-0.39, 0.29) is 5.91 Å². The number of nitrogens with zero attached hydrogens (tertiary/aromatic N) is 1. The molecule has 0 aliphatic carbocycles. The normalized spacial score (nSPS) is 10.7. The molecule has 3 N–H and O–H groups in total. The van der Waals surface area contributed by atoms with E-state index >= 15 is 0 Å². The maximum atomic E-state index is 11.8. The van der Waals surface area contributed by atoms with Gasteiger partial charge in [-0.25, -0.2) is 4.98 Å². The van der Waals surface area contributed by atoms with Crippen molar-refractivity contribution in [1.82, 2.24) is 4.98 Å². The van der Waals surface area contributed by atoms with Crippen molar-refractivity contribution in [2.24, 2.45) is 0 Å². The Balaban J connectivity index is 2.01. The first-order valence-corrected chi connectivity index (χ1v) is 6.81. The van der Waals surface area contributed by atoms with Crippen LogP contribution >= 0.6 is 15.9 Å². The molecule has 2 rings (SSSR count). The Hall–Kier alpha value is -2.14. The second-order valence-electron chi connectivity index (χ2n) is 4.25. The molecule has 0 bridgehead atoms. The number of nitrogen functional groups attached to an aromatic ring is 1. The second kappa shape index (κ2) is 6.34. The SMILES string of the molecule is Cc1nc(NC(=O)/C=C/c2ccc(N)cc2)ccc1Br. The Morgan fingerprint density at radius 2 is 1.95 bits per heavy atom. The summed E-state index contributed by atoms with van der Waals surface area (Å²) in [7, 11) is 0. The van der Waals surface area contributed by atoms with Crippen molar-refractivity contribution < 1.29 is 4.79 Å². The molecule has 1 heterocycles. The number of aromatic nitrogens is 1. The predicted octanol–water partition coefficient (Wildman–Crippen LogP) is 3.39. The third kappa shape index (κ3) is 3.93. The lowest BCUT2D eigenvalue weighted by atomic mass is 10.2. The van der Waals surface area contributed by atoms with Gasteiger partial charge in [0.05, 0.1) is 5.69 Å². The summed E-state index contributed by atoms with van der Waals surface area (Å²) in [6.07, 6.45) is 3.19. The molecule has 20 heavy (non-hydrogen) atoms. The molecule has 0 atom stereocenters. The number of amides is 1. The lowest BCUT2D eigenvalue weighted by molar-refractivity contribution is -0.111. The van der Waals surface area contributed by atoms with Crippen LogP contribution in [0.2, 0.25) is 0 Å². The zero-order chi connectivity index (χ0) is 14.5. The molecular weight excluding hydrogens is 318 g/mol. The molecule has 0 aliphatic heterocycles. The predicted molar refractivity (Wildman–Crippen MR) is 85.2 cm³/mol. The molecule has 1 amide bonds. The highest BCUT2D eigenvalue weighted by molar-refractivity contribution is 9.10. The topological polar surface area (TPSA) is 68.0 Å². The van der Waals surface area contributed by atoms with Crippen LogP contribution in [0.4, 0.5) is 11.5 Å². The van der Waals surface area contributed by atoms with E-state index in [1.165, 1.54) is 6.08 Å². The first kappa shape index (κ1) is 14.3. The number of aryl methyl sites for hydroxylation is 1. The number of hydrogen-bond acceptors (Lipinski definition) is 3. The van der Waals surface area contributed by atoms with Crippen molar-refractivity contribution in [3.8, 4) is 0 Å². The van der Waals surface area contributed by atoms with Gasteiger partial charge in [-0.05, 0) is 58.8 Å². The van der Waals surface area contributed by atoms with Gasteiger partial charge in [0.15, 0.2) is 0 Å². The van der Waals surface area contributed by atoms with Crippen LogP contribution in [-0.2, 0) is 4.79 Å². The van der Waals surface area contributed by atoms with Gasteiger partial charge in [-0.3, -0.25) is 4.79 Å². The lowest BCUT2D eigenvalue weighted by Crippen LogP contribution is -2.09. The van der Waals surface area contributed by atoms with E-state index in [1.54, 1.807) is 24.3 Å². The van der Waals surface area contributed by atoms with Crippen molar-refractivity contribution in [2.75, 3.05) is 11.1 Å². The molecule has 0 spiro atoms. The van der Waals surface area contributed by atoms with Gasteiger partial charge >= 0.3 is 0 Å². The molecule has 102 valence electrons. The Morgan fingerprint density at radius 1 is 1.25 bits per heavy atom. The minimum absolute atomic E-state index is 0.226. The largest absolute Gasteiger partial charge is 0.399 e. The maximum absolute atomic E-state index is 11.8. The zero-order valence-corrected chi connectivity index (χ0v) is 12.5. The molecule has 1 aromatic heterocycles. The van der Waals surface area contributed by atoms with Gasteiger partial charge in [0.25, 0.3) is 0 Å². The summed E-state index contributed by atoms with van der Waals surface area (Å²) >= 11 is 3.36. The fraction of sp³-hybridized carbons (Fsp3) is 0.0667. The van der Waals surface area contributed by atoms with Gasteiger partial charge < -0.3 is 11.1 Å². The number of nitrogens with one attached hydrogen (secondary N) is 1. The van der Waals surface area contributed by atoms with Crippen molar-refractivity contribution >= 4 is 39.4 Å². The van der Waals surface area contributed by atoms with E-state index in [2.05, 4.69) is 26.2 Å². The quantitative estimate of drug-likeness (QED) is 0.669. The zero-order valence-electron chi connectivity index (χ0n) is 10.9. The smallest absolute Gasteiger partial charge is 0.249 e. The maximum Gasteiger partial charge on any atom is 0.249 e. The third-order valence-electron chi connectivity index (χ3n) is 2.64. The number of benzene rings is 1. The van der Waals surface area contributed by atoms with E-state index < -0.39 is 0 Å².